The lowest BCUT2D eigenvalue weighted by atomic mass is 9.78. The van der Waals surface area contributed by atoms with Crippen molar-refractivity contribution in [2.24, 2.45) is 18.4 Å². The minimum Gasteiger partial charge on any atom is -0.353 e. The summed E-state index contributed by atoms with van der Waals surface area (Å²) in [6.07, 6.45) is 9.21. The van der Waals surface area contributed by atoms with Gasteiger partial charge in [0.1, 0.15) is 0 Å². The van der Waals surface area contributed by atoms with Gasteiger partial charge in [0.05, 0.1) is 0 Å². The molecule has 1 saturated carbocycles. The maximum atomic E-state index is 3.70. The first-order valence-electron chi connectivity index (χ1n) is 7.42. The molecule has 1 aromatic rings. The predicted octanol–water partition coefficient (Wildman–Crippen LogP) is 3.72. The topological polar surface area (TPSA) is 17.0 Å². The molecule has 18 heavy (non-hydrogen) atoms. The van der Waals surface area contributed by atoms with Crippen LogP contribution in [0.25, 0.3) is 0 Å². The van der Waals surface area contributed by atoms with Gasteiger partial charge in [0.15, 0.2) is 0 Å². The van der Waals surface area contributed by atoms with Crippen molar-refractivity contribution in [2.45, 2.75) is 52.5 Å². The molecule has 0 saturated heterocycles. The molecule has 1 aliphatic rings. The van der Waals surface area contributed by atoms with E-state index < -0.39 is 0 Å². The summed E-state index contributed by atoms with van der Waals surface area (Å²) in [7, 11) is 2.12. The van der Waals surface area contributed by atoms with E-state index in [0.717, 1.165) is 12.5 Å². The number of nitrogens with one attached hydrogen (secondary N) is 1. The van der Waals surface area contributed by atoms with Crippen LogP contribution in [0.3, 0.4) is 0 Å². The molecule has 1 fully saturated rings. The molecule has 2 nitrogen and oxygen atoms in total. The third-order valence-electron chi connectivity index (χ3n) is 4.36. The second-order valence-corrected chi connectivity index (χ2v) is 6.52. The Balaban J connectivity index is 1.85. The van der Waals surface area contributed by atoms with E-state index in [-0.39, 0.29) is 0 Å². The fraction of sp³-hybridized carbons (Fsp3) is 0.750. The molecule has 0 aliphatic heterocycles. The van der Waals surface area contributed by atoms with Crippen LogP contribution >= 0.6 is 0 Å². The molecule has 102 valence electrons. The second-order valence-electron chi connectivity index (χ2n) is 6.52. The van der Waals surface area contributed by atoms with Crippen molar-refractivity contribution in [1.82, 2.24) is 9.88 Å². The van der Waals surface area contributed by atoms with E-state index >= 15 is 0 Å². The zero-order chi connectivity index (χ0) is 13.0. The Labute approximate surface area is 112 Å². The first-order valence-corrected chi connectivity index (χ1v) is 7.42. The van der Waals surface area contributed by atoms with Crippen molar-refractivity contribution in [2.75, 3.05) is 6.54 Å². The van der Waals surface area contributed by atoms with Crippen molar-refractivity contribution in [3.8, 4) is 0 Å². The van der Waals surface area contributed by atoms with E-state index in [1.165, 1.54) is 44.3 Å². The molecule has 0 atom stereocenters. The molecule has 1 heterocycles. The van der Waals surface area contributed by atoms with Crippen molar-refractivity contribution in [3.05, 3.63) is 24.0 Å². The quantitative estimate of drug-likeness (QED) is 0.812. The Morgan fingerprint density at radius 2 is 2.06 bits per heavy atom. The molecule has 0 amide bonds. The lowest BCUT2D eigenvalue weighted by molar-refractivity contribution is 0.223. The fourth-order valence-corrected chi connectivity index (χ4v) is 3.58. The van der Waals surface area contributed by atoms with Gasteiger partial charge in [0.2, 0.25) is 0 Å². The van der Waals surface area contributed by atoms with Gasteiger partial charge < -0.3 is 9.88 Å². The van der Waals surface area contributed by atoms with E-state index in [0.29, 0.717) is 5.41 Å². The lowest BCUT2D eigenvalue weighted by Gasteiger charge is -2.31. The van der Waals surface area contributed by atoms with Crippen LogP contribution in [-0.4, -0.2) is 11.1 Å². The Morgan fingerprint density at radius 1 is 1.33 bits per heavy atom. The van der Waals surface area contributed by atoms with Crippen LogP contribution in [0.4, 0.5) is 0 Å². The Hall–Kier alpha value is -0.760. The van der Waals surface area contributed by atoms with E-state index in [1.807, 2.05) is 0 Å². The number of hydrogen-bond acceptors (Lipinski definition) is 1. The first kappa shape index (κ1) is 13.7. The SMILES string of the molecule is CC(C)CC1(CNCc2cccn2C)CCCC1. The zero-order valence-electron chi connectivity index (χ0n) is 12.2. The summed E-state index contributed by atoms with van der Waals surface area (Å²) in [5.74, 6) is 0.819. The van der Waals surface area contributed by atoms with Gasteiger partial charge in [0, 0.05) is 32.0 Å². The van der Waals surface area contributed by atoms with Gasteiger partial charge in [-0.05, 0) is 42.7 Å². The van der Waals surface area contributed by atoms with Gasteiger partial charge in [-0.15, -0.1) is 0 Å². The highest BCUT2D eigenvalue weighted by molar-refractivity contribution is 5.06. The highest BCUT2D eigenvalue weighted by Crippen LogP contribution is 2.42. The van der Waals surface area contributed by atoms with Crippen LogP contribution in [0, 0.1) is 11.3 Å². The molecule has 0 bridgehead atoms. The third kappa shape index (κ3) is 3.38. The van der Waals surface area contributed by atoms with Crippen LogP contribution in [0.1, 0.15) is 51.6 Å². The maximum absolute atomic E-state index is 3.70. The van der Waals surface area contributed by atoms with Gasteiger partial charge in [-0.1, -0.05) is 26.7 Å². The predicted molar refractivity (Wildman–Crippen MR) is 77.5 cm³/mol. The Kier molecular flexibility index (Phi) is 4.50. The van der Waals surface area contributed by atoms with E-state index in [9.17, 15) is 0 Å². The summed E-state index contributed by atoms with van der Waals surface area (Å²) in [6, 6.07) is 4.33. The number of nitrogens with zero attached hydrogens (tertiary/aromatic N) is 1. The molecule has 0 unspecified atom stereocenters. The van der Waals surface area contributed by atoms with Gasteiger partial charge in [-0.2, -0.15) is 0 Å². The molecule has 1 N–H and O–H groups in total. The number of aryl methyl sites for hydroxylation is 1. The zero-order valence-corrected chi connectivity index (χ0v) is 12.2. The van der Waals surface area contributed by atoms with Gasteiger partial charge in [-0.3, -0.25) is 0 Å². The monoisotopic (exact) mass is 248 g/mol. The highest BCUT2D eigenvalue weighted by Gasteiger charge is 2.33. The summed E-state index contributed by atoms with van der Waals surface area (Å²) >= 11 is 0. The van der Waals surface area contributed by atoms with Crippen molar-refractivity contribution in [1.29, 1.82) is 0 Å². The summed E-state index contributed by atoms with van der Waals surface area (Å²) in [6.45, 7) is 6.91. The summed E-state index contributed by atoms with van der Waals surface area (Å²) in [5, 5.41) is 3.70. The van der Waals surface area contributed by atoms with Crippen LogP contribution in [0.15, 0.2) is 18.3 Å². The molecule has 2 heteroatoms. The molecule has 0 spiro atoms. The summed E-state index contributed by atoms with van der Waals surface area (Å²) < 4.78 is 2.21. The number of aromatic nitrogens is 1. The molecule has 0 aromatic carbocycles. The fourth-order valence-electron chi connectivity index (χ4n) is 3.58. The summed E-state index contributed by atoms with van der Waals surface area (Å²) in [5.41, 5.74) is 1.96. The van der Waals surface area contributed by atoms with Crippen LogP contribution < -0.4 is 5.32 Å². The molecule has 2 rings (SSSR count). The van der Waals surface area contributed by atoms with E-state index in [2.05, 4.69) is 49.1 Å². The number of rotatable bonds is 6. The summed E-state index contributed by atoms with van der Waals surface area (Å²) in [4.78, 5) is 0. The minimum absolute atomic E-state index is 0.583. The first-order chi connectivity index (χ1) is 8.61. The van der Waals surface area contributed by atoms with E-state index in [4.69, 9.17) is 0 Å². The average Bonchev–Trinajstić information content (AvgIpc) is 2.89. The van der Waals surface area contributed by atoms with Crippen LogP contribution in [0.5, 0.6) is 0 Å². The maximum Gasteiger partial charge on any atom is 0.0359 e. The highest BCUT2D eigenvalue weighted by atomic mass is 15.0. The Bertz CT molecular complexity index is 359. The van der Waals surface area contributed by atoms with E-state index in [1.54, 1.807) is 0 Å². The average molecular weight is 248 g/mol. The molecule has 0 radical (unpaired) electrons. The normalized spacial score (nSPS) is 18.7. The third-order valence-corrected chi connectivity index (χ3v) is 4.36. The van der Waals surface area contributed by atoms with Gasteiger partial charge in [0.25, 0.3) is 0 Å². The second kappa shape index (κ2) is 5.92. The molecule has 1 aliphatic carbocycles. The lowest BCUT2D eigenvalue weighted by Crippen LogP contribution is -2.33. The smallest absolute Gasteiger partial charge is 0.0359 e. The largest absolute Gasteiger partial charge is 0.353 e. The van der Waals surface area contributed by atoms with Crippen molar-refractivity contribution in [3.63, 3.8) is 0 Å². The minimum atomic E-state index is 0.583. The van der Waals surface area contributed by atoms with Gasteiger partial charge in [-0.25, -0.2) is 0 Å². The van der Waals surface area contributed by atoms with Crippen LogP contribution in [-0.2, 0) is 13.6 Å². The van der Waals surface area contributed by atoms with Crippen LogP contribution in [0.2, 0.25) is 0 Å². The Morgan fingerprint density at radius 3 is 2.61 bits per heavy atom. The van der Waals surface area contributed by atoms with Crippen molar-refractivity contribution >= 4 is 0 Å². The standard InChI is InChI=1S/C16H28N2/c1-14(2)11-16(8-4-5-9-16)13-17-12-15-7-6-10-18(15)3/h6-7,10,14,17H,4-5,8-9,11-13H2,1-3H3. The van der Waals surface area contributed by atoms with Gasteiger partial charge >= 0.3 is 0 Å². The molecule has 1 aromatic heterocycles. The molecular weight excluding hydrogens is 220 g/mol. The number of hydrogen-bond donors (Lipinski definition) is 1. The molecular formula is C16H28N2. The van der Waals surface area contributed by atoms with Crippen molar-refractivity contribution < 1.29 is 0 Å².